The molecule has 0 radical (unpaired) electrons. The van der Waals surface area contributed by atoms with Crippen molar-refractivity contribution >= 4 is 23.2 Å². The Morgan fingerprint density at radius 2 is 2.10 bits per heavy atom. The molecule has 0 aliphatic carbocycles. The first kappa shape index (κ1) is 9.98. The average molecular weight is 186 g/mol. The Balaban J connectivity index is 3.69. The van der Waals surface area contributed by atoms with Crippen molar-refractivity contribution in [3.05, 3.63) is 10.1 Å². The lowest BCUT2D eigenvalue weighted by Gasteiger charge is -2.06. The van der Waals surface area contributed by atoms with Crippen LogP contribution in [-0.4, -0.2) is 15.8 Å². The van der Waals surface area contributed by atoms with Gasteiger partial charge in [-0.3, -0.25) is 10.1 Å². The number of hydrogen-bond acceptors (Lipinski definition) is 2. The highest BCUT2D eigenvalue weighted by Gasteiger charge is 2.25. The van der Waals surface area contributed by atoms with Crippen LogP contribution in [0.25, 0.3) is 0 Å². The lowest BCUT2D eigenvalue weighted by molar-refractivity contribution is -0.498. The maximum Gasteiger partial charge on any atom is 0.302 e. The van der Waals surface area contributed by atoms with E-state index in [1.165, 1.54) is 0 Å². The summed E-state index contributed by atoms with van der Waals surface area (Å²) < 4.78 is 0. The highest BCUT2D eigenvalue weighted by Crippen LogP contribution is 2.15. The van der Waals surface area contributed by atoms with Gasteiger partial charge in [0.2, 0.25) is 0 Å². The molecule has 0 aliphatic heterocycles. The van der Waals surface area contributed by atoms with Crippen LogP contribution in [0.5, 0.6) is 0 Å². The zero-order valence-corrected chi connectivity index (χ0v) is 7.10. The molecular formula is C5H9Cl2NO2. The fourth-order valence-electron chi connectivity index (χ4n) is 0.545. The zero-order chi connectivity index (χ0) is 8.15. The molecule has 0 fully saturated rings. The molecule has 3 nitrogen and oxygen atoms in total. The van der Waals surface area contributed by atoms with Crippen LogP contribution in [0, 0.1) is 10.1 Å². The van der Waals surface area contributed by atoms with Gasteiger partial charge in [0, 0.05) is 4.92 Å². The Morgan fingerprint density at radius 1 is 1.60 bits per heavy atom. The minimum absolute atomic E-state index is 0.554. The van der Waals surface area contributed by atoms with Crippen LogP contribution in [0.15, 0.2) is 0 Å². The molecule has 0 saturated carbocycles. The van der Waals surface area contributed by atoms with Crippen LogP contribution in [0.2, 0.25) is 0 Å². The van der Waals surface area contributed by atoms with Gasteiger partial charge in [-0.2, -0.15) is 0 Å². The Bertz CT molecular complexity index is 120. The van der Waals surface area contributed by atoms with Gasteiger partial charge in [-0.05, 0) is 18.0 Å². The van der Waals surface area contributed by atoms with Crippen molar-refractivity contribution in [3.63, 3.8) is 0 Å². The van der Waals surface area contributed by atoms with Gasteiger partial charge in [-0.1, -0.05) is 13.3 Å². The predicted octanol–water partition coefficient (Wildman–Crippen LogP) is 2.24. The highest BCUT2D eigenvalue weighted by molar-refractivity contribution is 6.29. The van der Waals surface area contributed by atoms with E-state index in [4.69, 9.17) is 23.2 Å². The van der Waals surface area contributed by atoms with Gasteiger partial charge < -0.3 is 0 Å². The quantitative estimate of drug-likeness (QED) is 0.292. The molecule has 5 heteroatoms. The third-order valence-electron chi connectivity index (χ3n) is 1.06. The summed E-state index contributed by atoms with van der Waals surface area (Å²) in [5.41, 5.74) is -1.15. The summed E-state index contributed by atoms with van der Waals surface area (Å²) in [4.78, 5) is 9.43. The first-order valence-electron chi connectivity index (χ1n) is 3.01. The Labute approximate surface area is 69.5 Å². The van der Waals surface area contributed by atoms with E-state index in [0.29, 0.717) is 6.42 Å². The van der Waals surface area contributed by atoms with Crippen molar-refractivity contribution in [2.24, 2.45) is 0 Å². The average Bonchev–Trinajstić information content (AvgIpc) is 1.87. The zero-order valence-electron chi connectivity index (χ0n) is 5.59. The molecule has 0 heterocycles. The summed E-state index contributed by atoms with van der Waals surface area (Å²) >= 11 is 10.9. The Morgan fingerprint density at radius 3 is 2.40 bits per heavy atom. The molecule has 0 bridgehead atoms. The summed E-state index contributed by atoms with van der Waals surface area (Å²) in [6.07, 6.45) is 1.39. The van der Waals surface area contributed by atoms with Gasteiger partial charge >= 0.3 is 5.50 Å². The maximum absolute atomic E-state index is 10.0. The molecule has 2 unspecified atom stereocenters. The molecule has 0 saturated heterocycles. The first-order valence-corrected chi connectivity index (χ1v) is 3.88. The molecule has 10 heavy (non-hydrogen) atoms. The Hall–Kier alpha value is -0.0200. The summed E-state index contributed by atoms with van der Waals surface area (Å²) in [5, 5.41) is 9.45. The van der Waals surface area contributed by atoms with Gasteiger partial charge in [0.1, 0.15) is 5.38 Å². The van der Waals surface area contributed by atoms with Gasteiger partial charge in [0.25, 0.3) is 0 Å². The second-order valence-electron chi connectivity index (χ2n) is 1.96. The molecule has 0 N–H and O–H groups in total. The number of rotatable bonds is 4. The van der Waals surface area contributed by atoms with Gasteiger partial charge in [-0.25, -0.2) is 0 Å². The van der Waals surface area contributed by atoms with Crippen LogP contribution in [0.1, 0.15) is 19.8 Å². The van der Waals surface area contributed by atoms with Crippen LogP contribution in [0.4, 0.5) is 0 Å². The molecule has 0 aliphatic rings. The van der Waals surface area contributed by atoms with Crippen LogP contribution in [-0.2, 0) is 0 Å². The van der Waals surface area contributed by atoms with E-state index in [0.717, 1.165) is 6.42 Å². The minimum atomic E-state index is -1.15. The van der Waals surface area contributed by atoms with Crippen molar-refractivity contribution in [1.29, 1.82) is 0 Å². The highest BCUT2D eigenvalue weighted by atomic mass is 35.5. The van der Waals surface area contributed by atoms with Crippen LogP contribution >= 0.6 is 23.2 Å². The topological polar surface area (TPSA) is 43.1 Å². The second-order valence-corrected chi connectivity index (χ2v) is 2.97. The van der Waals surface area contributed by atoms with Crippen molar-refractivity contribution in [2.45, 2.75) is 30.6 Å². The second kappa shape index (κ2) is 4.74. The number of nitrogens with zero attached hydrogens (tertiary/aromatic N) is 1. The van der Waals surface area contributed by atoms with Gasteiger partial charge in [0.15, 0.2) is 0 Å². The normalized spacial score (nSPS) is 16.3. The van der Waals surface area contributed by atoms with Crippen LogP contribution in [0.3, 0.4) is 0 Å². The van der Waals surface area contributed by atoms with E-state index in [9.17, 15) is 10.1 Å². The number of nitro groups is 1. The fraction of sp³-hybridized carbons (Fsp3) is 1.00. The number of hydrogen-bond donors (Lipinski definition) is 0. The van der Waals surface area contributed by atoms with Gasteiger partial charge in [0.05, 0.1) is 0 Å². The Kier molecular flexibility index (Phi) is 4.73. The standard InChI is InChI=1S/C5H9Cl2NO2/c1-2-3-4(6)5(7)8(9)10/h4-5H,2-3H2,1H3. The molecule has 60 valence electrons. The lowest BCUT2D eigenvalue weighted by atomic mass is 10.2. The van der Waals surface area contributed by atoms with E-state index in [1.807, 2.05) is 6.92 Å². The van der Waals surface area contributed by atoms with E-state index >= 15 is 0 Å². The SMILES string of the molecule is CCCC(Cl)C(Cl)[N+](=O)[O-]. The van der Waals surface area contributed by atoms with Crippen molar-refractivity contribution < 1.29 is 4.92 Å². The molecule has 0 amide bonds. The van der Waals surface area contributed by atoms with E-state index in [-0.39, 0.29) is 0 Å². The van der Waals surface area contributed by atoms with E-state index < -0.39 is 15.8 Å². The summed E-state index contributed by atoms with van der Waals surface area (Å²) in [5.74, 6) is 0. The maximum atomic E-state index is 10.0. The molecule has 0 aromatic carbocycles. The molecule has 0 aromatic rings. The summed E-state index contributed by atoms with van der Waals surface area (Å²) in [6.45, 7) is 1.90. The van der Waals surface area contributed by atoms with E-state index in [1.54, 1.807) is 0 Å². The lowest BCUT2D eigenvalue weighted by Crippen LogP contribution is -2.23. The van der Waals surface area contributed by atoms with Gasteiger partial charge in [-0.15, -0.1) is 11.6 Å². The molecule has 0 spiro atoms. The number of halogens is 2. The summed E-state index contributed by atoms with van der Waals surface area (Å²) in [7, 11) is 0. The monoisotopic (exact) mass is 185 g/mol. The van der Waals surface area contributed by atoms with Crippen molar-refractivity contribution in [3.8, 4) is 0 Å². The smallest absolute Gasteiger partial charge is 0.263 e. The summed E-state index contributed by atoms with van der Waals surface area (Å²) in [6, 6.07) is 0. The van der Waals surface area contributed by atoms with Crippen molar-refractivity contribution in [2.75, 3.05) is 0 Å². The first-order chi connectivity index (χ1) is 4.59. The van der Waals surface area contributed by atoms with E-state index in [2.05, 4.69) is 0 Å². The third kappa shape index (κ3) is 3.22. The molecule has 0 aromatic heterocycles. The predicted molar refractivity (Wildman–Crippen MR) is 41.2 cm³/mol. The fourth-order valence-corrected chi connectivity index (χ4v) is 0.982. The third-order valence-corrected chi connectivity index (χ3v) is 2.11. The minimum Gasteiger partial charge on any atom is -0.263 e. The molecule has 0 rings (SSSR count). The molecular weight excluding hydrogens is 177 g/mol. The van der Waals surface area contributed by atoms with Crippen LogP contribution < -0.4 is 0 Å². The number of alkyl halides is 2. The van der Waals surface area contributed by atoms with Crippen molar-refractivity contribution in [1.82, 2.24) is 0 Å². The largest absolute Gasteiger partial charge is 0.302 e. The molecule has 2 atom stereocenters.